The van der Waals surface area contributed by atoms with Gasteiger partial charge in [0.05, 0.1) is 12.2 Å². The van der Waals surface area contributed by atoms with E-state index in [-0.39, 0.29) is 5.69 Å². The average Bonchev–Trinajstić information content (AvgIpc) is 2.71. The summed E-state index contributed by atoms with van der Waals surface area (Å²) >= 11 is 0. The lowest BCUT2D eigenvalue weighted by atomic mass is 10.2. The van der Waals surface area contributed by atoms with Crippen molar-refractivity contribution in [1.82, 2.24) is 15.1 Å². The molecule has 0 bridgehead atoms. The number of primary sulfonamides is 1. The molecule has 7 nitrogen and oxygen atoms in total. The Morgan fingerprint density at radius 2 is 2.10 bits per heavy atom. The number of halogens is 2. The van der Waals surface area contributed by atoms with Crippen LogP contribution in [0.1, 0.15) is 29.5 Å². The lowest BCUT2D eigenvalue weighted by Gasteiger charge is -2.15. The third-order valence-corrected chi connectivity index (χ3v) is 3.55. The predicted octanol–water partition coefficient (Wildman–Crippen LogP) is 0.347. The monoisotopic (exact) mass is 310 g/mol. The van der Waals surface area contributed by atoms with Gasteiger partial charge in [-0.05, 0) is 6.42 Å². The highest BCUT2D eigenvalue weighted by Gasteiger charge is 2.29. The van der Waals surface area contributed by atoms with Gasteiger partial charge in [-0.25, -0.2) is 22.3 Å². The first kappa shape index (κ1) is 16.5. The summed E-state index contributed by atoms with van der Waals surface area (Å²) in [5, 5.41) is 11.1. The highest BCUT2D eigenvalue weighted by molar-refractivity contribution is 7.89. The molecule has 1 amide bonds. The van der Waals surface area contributed by atoms with Crippen LogP contribution in [0, 0.1) is 0 Å². The summed E-state index contributed by atoms with van der Waals surface area (Å²) in [5.74, 6) is -0.923. The number of hydrogen-bond acceptors (Lipinski definition) is 4. The van der Waals surface area contributed by atoms with Crippen molar-refractivity contribution in [2.24, 2.45) is 5.14 Å². The molecule has 1 aromatic heterocycles. The van der Waals surface area contributed by atoms with Crippen LogP contribution in [-0.4, -0.2) is 49.4 Å². The van der Waals surface area contributed by atoms with Crippen LogP contribution in [0.4, 0.5) is 8.78 Å². The number of alkyl halides is 2. The van der Waals surface area contributed by atoms with E-state index in [9.17, 15) is 22.0 Å². The fourth-order valence-electron chi connectivity index (χ4n) is 1.71. The lowest BCUT2D eigenvalue weighted by Crippen LogP contribution is -2.33. The molecule has 0 fully saturated rings. The van der Waals surface area contributed by atoms with E-state index in [0.29, 0.717) is 17.7 Å². The number of sulfonamides is 1. The molecule has 0 aromatic carbocycles. The molecule has 10 heteroatoms. The molecule has 0 saturated heterocycles. The molecule has 3 N–H and O–H groups in total. The summed E-state index contributed by atoms with van der Waals surface area (Å²) in [6, 6.07) is 0. The summed E-state index contributed by atoms with van der Waals surface area (Å²) in [5.41, 5.74) is -0.261. The fraction of sp³-hybridized carbons (Fsp3) is 0.600. The Morgan fingerprint density at radius 1 is 1.50 bits per heavy atom. The molecule has 1 rings (SSSR count). The van der Waals surface area contributed by atoms with Gasteiger partial charge < -0.3 is 4.90 Å². The third-order valence-electron chi connectivity index (χ3n) is 2.54. The predicted molar refractivity (Wildman–Crippen MR) is 66.9 cm³/mol. The SMILES string of the molecule is CCCc1[nH]nc(C(=O)N(C)CC(F)F)c1S(N)(=O)=O. The number of carbonyl (C=O) groups excluding carboxylic acids is 1. The second kappa shape index (κ2) is 6.27. The summed E-state index contributed by atoms with van der Waals surface area (Å²) in [7, 11) is -3.04. The molecule has 0 spiro atoms. The lowest BCUT2D eigenvalue weighted by molar-refractivity contribution is 0.0612. The number of H-pyrrole nitrogens is 1. The molecule has 0 aliphatic heterocycles. The minimum absolute atomic E-state index is 0.198. The number of rotatable bonds is 6. The number of carbonyl (C=O) groups is 1. The number of hydrogen-bond donors (Lipinski definition) is 2. The molecule has 0 aliphatic rings. The first-order valence-electron chi connectivity index (χ1n) is 5.82. The smallest absolute Gasteiger partial charge is 0.275 e. The molecule has 0 saturated carbocycles. The fourth-order valence-corrected chi connectivity index (χ4v) is 2.60. The topological polar surface area (TPSA) is 109 Å². The Bertz CT molecular complexity index is 585. The van der Waals surface area contributed by atoms with Crippen molar-refractivity contribution in [3.8, 4) is 0 Å². The van der Waals surface area contributed by atoms with Gasteiger partial charge in [-0.1, -0.05) is 13.3 Å². The molecule has 114 valence electrons. The highest BCUT2D eigenvalue weighted by Crippen LogP contribution is 2.19. The van der Waals surface area contributed by atoms with Crippen LogP contribution in [0.25, 0.3) is 0 Å². The molecule has 20 heavy (non-hydrogen) atoms. The van der Waals surface area contributed by atoms with Crippen LogP contribution in [0.5, 0.6) is 0 Å². The average molecular weight is 310 g/mol. The third kappa shape index (κ3) is 3.73. The van der Waals surface area contributed by atoms with Gasteiger partial charge in [-0.2, -0.15) is 5.10 Å². The van der Waals surface area contributed by atoms with E-state index in [1.54, 1.807) is 6.92 Å². The molecule has 0 aliphatic carbocycles. The largest absolute Gasteiger partial charge is 0.335 e. The normalized spacial score (nSPS) is 11.9. The summed E-state index contributed by atoms with van der Waals surface area (Å²) < 4.78 is 47.6. The molecule has 1 aromatic rings. The van der Waals surface area contributed by atoms with Crippen molar-refractivity contribution in [2.75, 3.05) is 13.6 Å². The Balaban J connectivity index is 3.22. The van der Waals surface area contributed by atoms with Gasteiger partial charge in [0.25, 0.3) is 12.3 Å². The number of aromatic amines is 1. The minimum Gasteiger partial charge on any atom is -0.335 e. The van der Waals surface area contributed by atoms with Gasteiger partial charge in [0.15, 0.2) is 5.69 Å². The maximum absolute atomic E-state index is 12.3. The molecule has 0 atom stereocenters. The van der Waals surface area contributed by atoms with E-state index >= 15 is 0 Å². The Hall–Kier alpha value is -1.55. The van der Waals surface area contributed by atoms with Crippen LogP contribution in [0.3, 0.4) is 0 Å². The van der Waals surface area contributed by atoms with E-state index in [4.69, 9.17) is 5.14 Å². The number of aromatic nitrogens is 2. The number of nitrogens with zero attached hydrogens (tertiary/aromatic N) is 2. The van der Waals surface area contributed by atoms with Gasteiger partial charge in [-0.3, -0.25) is 9.89 Å². The van der Waals surface area contributed by atoms with Crippen molar-refractivity contribution in [2.45, 2.75) is 31.1 Å². The van der Waals surface area contributed by atoms with Crippen molar-refractivity contribution in [3.63, 3.8) is 0 Å². The minimum atomic E-state index is -4.18. The summed E-state index contributed by atoms with van der Waals surface area (Å²) in [4.78, 5) is 12.2. The Morgan fingerprint density at radius 3 is 2.55 bits per heavy atom. The van der Waals surface area contributed by atoms with E-state index in [2.05, 4.69) is 10.2 Å². The number of amides is 1. The van der Waals surface area contributed by atoms with Crippen LogP contribution in [0.15, 0.2) is 4.90 Å². The molecular formula is C10H16F2N4O3S. The van der Waals surface area contributed by atoms with Crippen LogP contribution in [-0.2, 0) is 16.4 Å². The zero-order valence-electron chi connectivity index (χ0n) is 11.1. The highest BCUT2D eigenvalue weighted by atomic mass is 32.2. The van der Waals surface area contributed by atoms with Crippen molar-refractivity contribution in [3.05, 3.63) is 11.4 Å². The number of nitrogens with one attached hydrogen (secondary N) is 1. The van der Waals surface area contributed by atoms with Crippen molar-refractivity contribution >= 4 is 15.9 Å². The van der Waals surface area contributed by atoms with Gasteiger partial charge >= 0.3 is 0 Å². The maximum atomic E-state index is 12.3. The van der Waals surface area contributed by atoms with Gasteiger partial charge in [0, 0.05) is 7.05 Å². The summed E-state index contributed by atoms with van der Waals surface area (Å²) in [6.07, 6.45) is -1.80. The van der Waals surface area contributed by atoms with Crippen LogP contribution < -0.4 is 5.14 Å². The van der Waals surface area contributed by atoms with E-state index in [0.717, 1.165) is 7.05 Å². The maximum Gasteiger partial charge on any atom is 0.275 e. The first-order chi connectivity index (χ1) is 9.18. The van der Waals surface area contributed by atoms with Gasteiger partial charge in [0.1, 0.15) is 4.90 Å². The van der Waals surface area contributed by atoms with Crippen LogP contribution >= 0.6 is 0 Å². The van der Waals surface area contributed by atoms with E-state index in [1.807, 2.05) is 0 Å². The van der Waals surface area contributed by atoms with Gasteiger partial charge in [0.2, 0.25) is 10.0 Å². The Labute approximate surface area is 115 Å². The van der Waals surface area contributed by atoms with E-state index in [1.165, 1.54) is 0 Å². The number of aryl methyl sites for hydroxylation is 1. The zero-order chi connectivity index (χ0) is 15.5. The molecular weight excluding hydrogens is 294 g/mol. The molecule has 0 radical (unpaired) electrons. The van der Waals surface area contributed by atoms with Crippen LogP contribution in [0.2, 0.25) is 0 Å². The standard InChI is InChI=1S/C10H16F2N4O3S/c1-3-4-6-9(20(13,18)19)8(15-14-6)10(17)16(2)5-7(11)12/h7H,3-5H2,1-2H3,(H,14,15)(H2,13,18,19). The second-order valence-electron chi connectivity index (χ2n) is 4.25. The Kier molecular flexibility index (Phi) is 5.17. The number of nitrogens with two attached hydrogens (primary N) is 1. The molecule has 1 heterocycles. The van der Waals surface area contributed by atoms with Crippen molar-refractivity contribution < 1.29 is 22.0 Å². The van der Waals surface area contributed by atoms with Gasteiger partial charge in [-0.15, -0.1) is 0 Å². The van der Waals surface area contributed by atoms with E-state index < -0.39 is 39.5 Å². The first-order valence-corrected chi connectivity index (χ1v) is 7.36. The van der Waals surface area contributed by atoms with Crippen molar-refractivity contribution in [1.29, 1.82) is 0 Å². The zero-order valence-corrected chi connectivity index (χ0v) is 11.9. The molecule has 0 unspecified atom stereocenters. The second-order valence-corrected chi connectivity index (χ2v) is 5.75. The summed E-state index contributed by atoms with van der Waals surface area (Å²) in [6.45, 7) is 0.983. The quantitative estimate of drug-likeness (QED) is 0.790.